The fraction of sp³-hybridized carbons (Fsp3) is 0.263. The van der Waals surface area contributed by atoms with Gasteiger partial charge >= 0.3 is 11.9 Å². The highest BCUT2D eigenvalue weighted by atomic mass is 19.1. The molecule has 144 valence electrons. The van der Waals surface area contributed by atoms with Gasteiger partial charge in [-0.05, 0) is 30.7 Å². The Labute approximate surface area is 154 Å². The molecule has 0 aliphatic carbocycles. The summed E-state index contributed by atoms with van der Waals surface area (Å²) < 4.78 is 46.3. The Kier molecular flexibility index (Phi) is 7.10. The number of halogens is 2. The summed E-state index contributed by atoms with van der Waals surface area (Å²) in [6, 6.07) is 7.02. The van der Waals surface area contributed by atoms with Crippen molar-refractivity contribution in [3.8, 4) is 23.0 Å². The van der Waals surface area contributed by atoms with Crippen LogP contribution in [0.25, 0.3) is 0 Å². The van der Waals surface area contributed by atoms with Crippen LogP contribution in [0.5, 0.6) is 23.0 Å². The third-order valence-electron chi connectivity index (χ3n) is 3.46. The SMILES string of the molecule is COc1cc(F)ccc1OC(=O)CCCC(=O)Oc1ccc(F)cc1OC. The van der Waals surface area contributed by atoms with E-state index < -0.39 is 23.6 Å². The number of hydrogen-bond acceptors (Lipinski definition) is 6. The van der Waals surface area contributed by atoms with E-state index in [-0.39, 0.29) is 42.3 Å². The third kappa shape index (κ3) is 5.95. The third-order valence-corrected chi connectivity index (χ3v) is 3.46. The molecule has 0 amide bonds. The predicted octanol–water partition coefficient (Wildman–Crippen LogP) is 3.66. The maximum Gasteiger partial charge on any atom is 0.311 e. The van der Waals surface area contributed by atoms with Crippen LogP contribution in [0.1, 0.15) is 19.3 Å². The van der Waals surface area contributed by atoms with Gasteiger partial charge in [0.05, 0.1) is 14.2 Å². The zero-order valence-corrected chi connectivity index (χ0v) is 14.8. The Morgan fingerprint density at radius 3 is 1.52 bits per heavy atom. The monoisotopic (exact) mass is 380 g/mol. The van der Waals surface area contributed by atoms with E-state index in [1.54, 1.807) is 0 Å². The molecule has 6 nitrogen and oxygen atoms in total. The topological polar surface area (TPSA) is 71.1 Å². The first-order valence-electron chi connectivity index (χ1n) is 8.01. The Hall–Kier alpha value is -3.16. The maximum atomic E-state index is 13.1. The van der Waals surface area contributed by atoms with Gasteiger partial charge in [-0.1, -0.05) is 0 Å². The molecule has 0 heterocycles. The van der Waals surface area contributed by atoms with E-state index in [0.29, 0.717) is 0 Å². The van der Waals surface area contributed by atoms with Crippen molar-refractivity contribution in [3.05, 3.63) is 48.0 Å². The van der Waals surface area contributed by atoms with E-state index in [0.717, 1.165) is 24.3 Å². The van der Waals surface area contributed by atoms with E-state index >= 15 is 0 Å². The average molecular weight is 380 g/mol. The van der Waals surface area contributed by atoms with Crippen LogP contribution in [-0.4, -0.2) is 26.2 Å². The standard InChI is InChI=1S/C19H18F2O6/c1-24-16-10-12(20)6-8-14(16)26-18(22)4-3-5-19(23)27-15-9-7-13(21)11-17(15)25-2/h6-11H,3-5H2,1-2H3. The van der Waals surface area contributed by atoms with Crippen LogP contribution < -0.4 is 18.9 Å². The molecule has 0 unspecified atom stereocenters. The van der Waals surface area contributed by atoms with Crippen molar-refractivity contribution in [3.63, 3.8) is 0 Å². The van der Waals surface area contributed by atoms with Crippen LogP contribution in [-0.2, 0) is 9.59 Å². The number of ether oxygens (including phenoxy) is 4. The first-order chi connectivity index (χ1) is 12.9. The van der Waals surface area contributed by atoms with E-state index in [2.05, 4.69) is 0 Å². The van der Waals surface area contributed by atoms with Gasteiger partial charge < -0.3 is 18.9 Å². The van der Waals surface area contributed by atoms with Gasteiger partial charge in [-0.25, -0.2) is 8.78 Å². The summed E-state index contributed by atoms with van der Waals surface area (Å²) in [5, 5.41) is 0. The van der Waals surface area contributed by atoms with Gasteiger partial charge in [0.1, 0.15) is 11.6 Å². The zero-order chi connectivity index (χ0) is 19.8. The van der Waals surface area contributed by atoms with Crippen molar-refractivity contribution in [2.45, 2.75) is 19.3 Å². The van der Waals surface area contributed by atoms with E-state index in [1.807, 2.05) is 0 Å². The van der Waals surface area contributed by atoms with Crippen LogP contribution in [0.4, 0.5) is 8.78 Å². The Morgan fingerprint density at radius 2 is 1.15 bits per heavy atom. The Bertz CT molecular complexity index is 754. The molecule has 0 aliphatic rings. The Morgan fingerprint density at radius 1 is 0.741 bits per heavy atom. The van der Waals surface area contributed by atoms with Crippen LogP contribution in [0, 0.1) is 11.6 Å². The second-order valence-electron chi connectivity index (χ2n) is 5.39. The lowest BCUT2D eigenvalue weighted by atomic mass is 10.2. The van der Waals surface area contributed by atoms with Gasteiger partial charge in [-0.2, -0.15) is 0 Å². The molecule has 0 saturated heterocycles. The summed E-state index contributed by atoms with van der Waals surface area (Å²) in [6.07, 6.45) is 0.0526. The molecular weight excluding hydrogens is 362 g/mol. The average Bonchev–Trinajstić information content (AvgIpc) is 2.64. The molecule has 27 heavy (non-hydrogen) atoms. The summed E-state index contributed by atoms with van der Waals surface area (Å²) in [5.74, 6) is -1.90. The molecule has 0 N–H and O–H groups in total. The lowest BCUT2D eigenvalue weighted by molar-refractivity contribution is -0.136. The van der Waals surface area contributed by atoms with Crippen molar-refractivity contribution in [2.75, 3.05) is 14.2 Å². The molecule has 0 fully saturated rings. The zero-order valence-electron chi connectivity index (χ0n) is 14.8. The van der Waals surface area contributed by atoms with Crippen LogP contribution in [0.2, 0.25) is 0 Å². The lowest BCUT2D eigenvalue weighted by Crippen LogP contribution is -2.12. The smallest absolute Gasteiger partial charge is 0.311 e. The molecule has 0 bridgehead atoms. The summed E-state index contributed by atoms with van der Waals surface area (Å²) in [5.41, 5.74) is 0. The fourth-order valence-corrected chi connectivity index (χ4v) is 2.18. The number of carbonyl (C=O) groups excluding carboxylic acids is 2. The van der Waals surface area contributed by atoms with Crippen LogP contribution >= 0.6 is 0 Å². The molecular formula is C19H18F2O6. The highest BCUT2D eigenvalue weighted by Gasteiger charge is 2.14. The summed E-state index contributed by atoms with van der Waals surface area (Å²) in [4.78, 5) is 23.7. The van der Waals surface area contributed by atoms with Crippen molar-refractivity contribution in [1.29, 1.82) is 0 Å². The normalized spacial score (nSPS) is 10.2. The van der Waals surface area contributed by atoms with Crippen LogP contribution in [0.15, 0.2) is 36.4 Å². The van der Waals surface area contributed by atoms with Gasteiger partial charge in [0.25, 0.3) is 0 Å². The highest BCUT2D eigenvalue weighted by molar-refractivity contribution is 5.76. The van der Waals surface area contributed by atoms with E-state index in [9.17, 15) is 18.4 Å². The second-order valence-corrected chi connectivity index (χ2v) is 5.39. The van der Waals surface area contributed by atoms with Gasteiger partial charge in [0.2, 0.25) is 0 Å². The fourth-order valence-electron chi connectivity index (χ4n) is 2.18. The number of methoxy groups -OCH3 is 2. The number of rotatable bonds is 8. The van der Waals surface area contributed by atoms with Gasteiger partial charge in [-0.3, -0.25) is 9.59 Å². The van der Waals surface area contributed by atoms with Gasteiger partial charge in [0.15, 0.2) is 23.0 Å². The van der Waals surface area contributed by atoms with E-state index in [4.69, 9.17) is 18.9 Å². The van der Waals surface area contributed by atoms with Crippen LogP contribution in [0.3, 0.4) is 0 Å². The predicted molar refractivity (Wildman–Crippen MR) is 91.0 cm³/mol. The number of esters is 2. The van der Waals surface area contributed by atoms with Gasteiger partial charge in [-0.15, -0.1) is 0 Å². The molecule has 0 radical (unpaired) electrons. The first-order valence-corrected chi connectivity index (χ1v) is 8.01. The highest BCUT2D eigenvalue weighted by Crippen LogP contribution is 2.29. The molecule has 0 atom stereocenters. The first kappa shape index (κ1) is 20.2. The molecule has 0 saturated carbocycles. The molecule has 8 heteroatoms. The largest absolute Gasteiger partial charge is 0.493 e. The summed E-state index contributed by atoms with van der Waals surface area (Å²) in [6.45, 7) is 0. The minimum atomic E-state index is -0.605. The maximum absolute atomic E-state index is 13.1. The minimum Gasteiger partial charge on any atom is -0.493 e. The molecule has 2 rings (SSSR count). The van der Waals surface area contributed by atoms with Crippen molar-refractivity contribution < 1.29 is 37.3 Å². The number of benzene rings is 2. The molecule has 2 aromatic rings. The minimum absolute atomic E-state index is 0.0593. The molecule has 0 aliphatic heterocycles. The molecule has 2 aromatic carbocycles. The summed E-state index contributed by atoms with van der Waals surface area (Å²) in [7, 11) is 2.65. The second kappa shape index (κ2) is 9.51. The Balaban J connectivity index is 1.82. The van der Waals surface area contributed by atoms with Crippen molar-refractivity contribution in [1.82, 2.24) is 0 Å². The van der Waals surface area contributed by atoms with Gasteiger partial charge in [0, 0.05) is 25.0 Å². The quantitative estimate of drug-likeness (QED) is 0.514. The molecule has 0 aromatic heterocycles. The molecule has 0 spiro atoms. The van der Waals surface area contributed by atoms with Crippen molar-refractivity contribution in [2.24, 2.45) is 0 Å². The number of carbonyl (C=O) groups is 2. The number of hydrogen-bond donors (Lipinski definition) is 0. The lowest BCUT2D eigenvalue weighted by Gasteiger charge is -2.10. The van der Waals surface area contributed by atoms with E-state index in [1.165, 1.54) is 26.4 Å². The summed E-state index contributed by atoms with van der Waals surface area (Å²) >= 11 is 0. The van der Waals surface area contributed by atoms with Crippen molar-refractivity contribution >= 4 is 11.9 Å².